The average Bonchev–Trinajstić information content (AvgIpc) is 2.35. The highest BCUT2D eigenvalue weighted by Crippen LogP contribution is 2.17. The number of hydrogen-bond acceptors (Lipinski definition) is 3. The average molecular weight is 263 g/mol. The molecule has 0 bridgehead atoms. The van der Waals surface area contributed by atoms with Gasteiger partial charge < -0.3 is 9.84 Å². The zero-order valence-corrected chi connectivity index (χ0v) is 11.6. The summed E-state index contributed by atoms with van der Waals surface area (Å²) in [5, 5.41) is 8.82. The number of carboxylic acid groups (broad SMARTS) is 1. The van der Waals surface area contributed by atoms with Crippen LogP contribution in [0.2, 0.25) is 0 Å². The third kappa shape index (κ3) is 3.78. The normalized spacial score (nSPS) is 20.4. The summed E-state index contributed by atoms with van der Waals surface area (Å²) in [4.78, 5) is 13.0. The summed E-state index contributed by atoms with van der Waals surface area (Å²) >= 11 is 0. The van der Waals surface area contributed by atoms with Crippen LogP contribution in [-0.2, 0) is 16.1 Å². The number of hydrogen-bond donors (Lipinski definition) is 1. The monoisotopic (exact) mass is 263 g/mol. The third-order valence-corrected chi connectivity index (χ3v) is 3.74. The van der Waals surface area contributed by atoms with Crippen LogP contribution < -0.4 is 0 Å². The van der Waals surface area contributed by atoms with E-state index in [1.165, 1.54) is 16.7 Å². The van der Waals surface area contributed by atoms with Gasteiger partial charge in [-0.1, -0.05) is 18.2 Å². The summed E-state index contributed by atoms with van der Waals surface area (Å²) < 4.78 is 5.49. The maximum atomic E-state index is 10.7. The van der Waals surface area contributed by atoms with Gasteiger partial charge in [-0.2, -0.15) is 0 Å². The molecular weight excluding hydrogens is 242 g/mol. The first-order valence-electron chi connectivity index (χ1n) is 6.67. The summed E-state index contributed by atoms with van der Waals surface area (Å²) in [7, 11) is 0. The highest BCUT2D eigenvalue weighted by atomic mass is 16.5. The Kier molecular flexibility index (Phi) is 4.56. The molecule has 1 aliphatic heterocycles. The maximum Gasteiger partial charge on any atom is 0.306 e. The lowest BCUT2D eigenvalue weighted by Gasteiger charge is -2.32. The summed E-state index contributed by atoms with van der Waals surface area (Å²) in [5.74, 6) is -0.793. The van der Waals surface area contributed by atoms with Crippen molar-refractivity contribution < 1.29 is 14.6 Å². The topological polar surface area (TPSA) is 49.8 Å². The molecule has 4 nitrogen and oxygen atoms in total. The molecule has 0 radical (unpaired) electrons. The second-order valence-electron chi connectivity index (χ2n) is 5.18. The Balaban J connectivity index is 1.98. The number of aryl methyl sites for hydroxylation is 1. The van der Waals surface area contributed by atoms with Crippen molar-refractivity contribution in [3.8, 4) is 0 Å². The van der Waals surface area contributed by atoms with Crippen molar-refractivity contribution in [2.24, 2.45) is 0 Å². The Labute approximate surface area is 114 Å². The Morgan fingerprint density at radius 1 is 1.47 bits per heavy atom. The minimum absolute atomic E-state index is 0.0866. The van der Waals surface area contributed by atoms with Crippen molar-refractivity contribution in [1.82, 2.24) is 4.90 Å². The molecule has 1 aliphatic rings. The Bertz CT molecular complexity index is 459. The van der Waals surface area contributed by atoms with Crippen molar-refractivity contribution in [1.29, 1.82) is 0 Å². The predicted molar refractivity (Wildman–Crippen MR) is 73.2 cm³/mol. The van der Waals surface area contributed by atoms with Crippen LogP contribution in [0.15, 0.2) is 18.2 Å². The molecule has 0 amide bonds. The molecule has 0 saturated carbocycles. The lowest BCUT2D eigenvalue weighted by molar-refractivity contribution is -0.142. The van der Waals surface area contributed by atoms with E-state index in [9.17, 15) is 4.79 Å². The van der Waals surface area contributed by atoms with E-state index in [1.54, 1.807) is 0 Å². The van der Waals surface area contributed by atoms with Crippen LogP contribution >= 0.6 is 0 Å². The molecule has 1 aromatic rings. The third-order valence-electron chi connectivity index (χ3n) is 3.74. The van der Waals surface area contributed by atoms with E-state index in [-0.39, 0.29) is 12.5 Å². The van der Waals surface area contributed by atoms with Crippen molar-refractivity contribution in [2.75, 3.05) is 19.7 Å². The van der Waals surface area contributed by atoms with Crippen molar-refractivity contribution >= 4 is 5.97 Å². The van der Waals surface area contributed by atoms with Gasteiger partial charge >= 0.3 is 5.97 Å². The Hall–Kier alpha value is -1.39. The van der Waals surface area contributed by atoms with Crippen LogP contribution in [0.25, 0.3) is 0 Å². The largest absolute Gasteiger partial charge is 0.481 e. The predicted octanol–water partition coefficient (Wildman–Crippen LogP) is 1.98. The molecule has 0 spiro atoms. The van der Waals surface area contributed by atoms with Crippen molar-refractivity contribution in [3.05, 3.63) is 34.9 Å². The molecule has 1 saturated heterocycles. The van der Waals surface area contributed by atoms with Crippen molar-refractivity contribution in [3.63, 3.8) is 0 Å². The van der Waals surface area contributed by atoms with Crippen LogP contribution in [0.5, 0.6) is 0 Å². The first kappa shape index (κ1) is 14.0. The lowest BCUT2D eigenvalue weighted by atomic mass is 10.0. The van der Waals surface area contributed by atoms with Gasteiger partial charge in [0.15, 0.2) is 0 Å². The molecule has 1 heterocycles. The fourth-order valence-electron chi connectivity index (χ4n) is 2.47. The highest BCUT2D eigenvalue weighted by molar-refractivity contribution is 5.67. The number of morpholine rings is 1. The second kappa shape index (κ2) is 6.17. The smallest absolute Gasteiger partial charge is 0.306 e. The van der Waals surface area contributed by atoms with Gasteiger partial charge in [0, 0.05) is 19.6 Å². The van der Waals surface area contributed by atoms with Crippen molar-refractivity contribution in [2.45, 2.75) is 32.9 Å². The van der Waals surface area contributed by atoms with E-state index < -0.39 is 5.97 Å². The fraction of sp³-hybridized carbons (Fsp3) is 0.533. The Morgan fingerprint density at radius 2 is 2.26 bits per heavy atom. The van der Waals surface area contributed by atoms with Gasteiger partial charge in [0.2, 0.25) is 0 Å². The number of benzene rings is 1. The minimum atomic E-state index is -0.793. The Morgan fingerprint density at radius 3 is 3.00 bits per heavy atom. The summed E-state index contributed by atoms with van der Waals surface area (Å²) in [6.07, 6.45) is -0.0973. The highest BCUT2D eigenvalue weighted by Gasteiger charge is 2.23. The lowest BCUT2D eigenvalue weighted by Crippen LogP contribution is -2.42. The fourth-order valence-corrected chi connectivity index (χ4v) is 2.47. The second-order valence-corrected chi connectivity index (χ2v) is 5.18. The van der Waals surface area contributed by atoms with Gasteiger partial charge in [-0.25, -0.2) is 0 Å². The molecule has 1 N–H and O–H groups in total. The minimum Gasteiger partial charge on any atom is -0.481 e. The molecule has 19 heavy (non-hydrogen) atoms. The maximum absolute atomic E-state index is 10.7. The summed E-state index contributed by atoms with van der Waals surface area (Å²) in [6, 6.07) is 6.34. The first-order chi connectivity index (χ1) is 9.06. The molecule has 4 heteroatoms. The molecule has 0 aromatic heterocycles. The number of carboxylic acids is 1. The molecule has 2 rings (SSSR count). The van der Waals surface area contributed by atoms with E-state index in [2.05, 4.69) is 36.9 Å². The first-order valence-corrected chi connectivity index (χ1v) is 6.67. The van der Waals surface area contributed by atoms with Gasteiger partial charge in [-0.05, 0) is 30.5 Å². The molecule has 104 valence electrons. The van der Waals surface area contributed by atoms with Crippen LogP contribution in [0, 0.1) is 13.8 Å². The van der Waals surface area contributed by atoms with Crippen LogP contribution in [-0.4, -0.2) is 41.8 Å². The van der Waals surface area contributed by atoms with Crippen LogP contribution in [0.1, 0.15) is 23.1 Å². The molecule has 0 aliphatic carbocycles. The SMILES string of the molecule is Cc1cccc(CN2CCOC(CC(=O)O)C2)c1C. The summed E-state index contributed by atoms with van der Waals surface area (Å²) in [5.41, 5.74) is 3.94. The van der Waals surface area contributed by atoms with Crippen LogP contribution in [0.4, 0.5) is 0 Å². The number of carbonyl (C=O) groups is 1. The van der Waals surface area contributed by atoms with E-state index >= 15 is 0 Å². The van der Waals surface area contributed by atoms with E-state index in [4.69, 9.17) is 9.84 Å². The van der Waals surface area contributed by atoms with Crippen LogP contribution in [0.3, 0.4) is 0 Å². The number of ether oxygens (including phenoxy) is 1. The molecule has 1 aromatic carbocycles. The molecule has 1 fully saturated rings. The van der Waals surface area contributed by atoms with E-state index in [0.29, 0.717) is 13.2 Å². The molecule has 1 unspecified atom stereocenters. The summed E-state index contributed by atoms with van der Waals surface area (Å²) in [6.45, 7) is 7.30. The zero-order chi connectivity index (χ0) is 13.8. The zero-order valence-electron chi connectivity index (χ0n) is 11.6. The van der Waals surface area contributed by atoms with E-state index in [0.717, 1.165) is 13.1 Å². The van der Waals surface area contributed by atoms with Gasteiger partial charge in [-0.15, -0.1) is 0 Å². The van der Waals surface area contributed by atoms with Gasteiger partial charge in [-0.3, -0.25) is 9.69 Å². The van der Waals surface area contributed by atoms with Gasteiger partial charge in [0.05, 0.1) is 19.1 Å². The number of nitrogens with zero attached hydrogens (tertiary/aromatic N) is 1. The molecular formula is C15H21NO3. The number of rotatable bonds is 4. The number of aliphatic carboxylic acids is 1. The molecule has 1 atom stereocenters. The van der Waals surface area contributed by atoms with E-state index in [1.807, 2.05) is 0 Å². The standard InChI is InChI=1S/C15H21NO3/c1-11-4-3-5-13(12(11)2)9-16-6-7-19-14(10-16)8-15(17)18/h3-5,14H,6-10H2,1-2H3,(H,17,18). The van der Waals surface area contributed by atoms with Gasteiger partial charge in [0.1, 0.15) is 0 Å². The van der Waals surface area contributed by atoms with Gasteiger partial charge in [0.25, 0.3) is 0 Å². The quantitative estimate of drug-likeness (QED) is 0.902.